The highest BCUT2D eigenvalue weighted by atomic mass is 19.1. The molecule has 0 amide bonds. The molecule has 30 heavy (non-hydrogen) atoms. The third kappa shape index (κ3) is 3.64. The zero-order valence-electron chi connectivity index (χ0n) is 16.3. The van der Waals surface area contributed by atoms with Crippen molar-refractivity contribution in [3.63, 3.8) is 0 Å². The van der Waals surface area contributed by atoms with Gasteiger partial charge in [0.05, 0.1) is 5.56 Å². The van der Waals surface area contributed by atoms with Gasteiger partial charge in [-0.15, -0.1) is 0 Å². The molecule has 0 aromatic heterocycles. The Kier molecular flexibility index (Phi) is 5.46. The molecule has 4 rings (SSSR count). The molecular weight excluding hydrogens is 395 g/mol. The van der Waals surface area contributed by atoms with Crippen molar-refractivity contribution in [3.8, 4) is 11.1 Å². The Morgan fingerprint density at radius 3 is 2.07 bits per heavy atom. The normalized spacial score (nSPS) is 13.2. The summed E-state index contributed by atoms with van der Waals surface area (Å²) >= 11 is 0. The number of hydrogen-bond donors (Lipinski definition) is 0. The number of fused-ring (bicyclic) bond motifs is 1. The fraction of sp³-hybridized carbons (Fsp3) is 0.200. The van der Waals surface area contributed by atoms with Gasteiger partial charge in [-0.25, -0.2) is 22.0 Å². The van der Waals surface area contributed by atoms with E-state index in [1.165, 1.54) is 30.3 Å². The van der Waals surface area contributed by atoms with Crippen molar-refractivity contribution < 1.29 is 22.0 Å². The van der Waals surface area contributed by atoms with E-state index in [4.69, 9.17) is 0 Å². The SMILES string of the molecule is CCCc1cc(F)c(C2=CCc3c(cc(F)c(-c4ccc(F)cc4)c3F)C2)c(F)c1. The summed E-state index contributed by atoms with van der Waals surface area (Å²) in [6, 6.07) is 8.74. The predicted octanol–water partition coefficient (Wildman–Crippen LogP) is 7.18. The molecular formula is C25H19F5. The van der Waals surface area contributed by atoms with Crippen LogP contribution in [0.25, 0.3) is 16.7 Å². The van der Waals surface area contributed by atoms with Gasteiger partial charge in [-0.1, -0.05) is 31.6 Å². The Bertz CT molecular complexity index is 1120. The average Bonchev–Trinajstić information content (AvgIpc) is 2.69. The number of hydrogen-bond acceptors (Lipinski definition) is 0. The molecule has 3 aromatic rings. The van der Waals surface area contributed by atoms with Crippen LogP contribution in [0.2, 0.25) is 0 Å². The summed E-state index contributed by atoms with van der Waals surface area (Å²) in [6.07, 6.45) is 3.02. The van der Waals surface area contributed by atoms with Crippen LogP contribution in [-0.2, 0) is 19.3 Å². The lowest BCUT2D eigenvalue weighted by atomic mass is 9.85. The van der Waals surface area contributed by atoms with Gasteiger partial charge in [0, 0.05) is 5.56 Å². The van der Waals surface area contributed by atoms with Crippen LogP contribution in [0.3, 0.4) is 0 Å². The van der Waals surface area contributed by atoms with E-state index in [0.29, 0.717) is 23.1 Å². The minimum atomic E-state index is -0.793. The minimum absolute atomic E-state index is 0.0217. The summed E-state index contributed by atoms with van der Waals surface area (Å²) < 4.78 is 72.2. The van der Waals surface area contributed by atoms with E-state index in [-0.39, 0.29) is 35.1 Å². The first-order chi connectivity index (χ1) is 14.4. The number of aryl methyl sites for hydroxylation is 1. The van der Waals surface area contributed by atoms with E-state index in [0.717, 1.165) is 18.6 Å². The fourth-order valence-electron chi connectivity index (χ4n) is 4.03. The van der Waals surface area contributed by atoms with Crippen LogP contribution < -0.4 is 0 Å². The second-order valence-corrected chi connectivity index (χ2v) is 7.49. The predicted molar refractivity (Wildman–Crippen MR) is 107 cm³/mol. The van der Waals surface area contributed by atoms with Crippen molar-refractivity contribution in [2.45, 2.75) is 32.6 Å². The van der Waals surface area contributed by atoms with E-state index in [1.807, 2.05) is 6.92 Å². The van der Waals surface area contributed by atoms with Crippen molar-refractivity contribution in [1.29, 1.82) is 0 Å². The van der Waals surface area contributed by atoms with Crippen molar-refractivity contribution in [2.24, 2.45) is 0 Å². The topological polar surface area (TPSA) is 0 Å². The molecule has 0 unspecified atom stereocenters. The van der Waals surface area contributed by atoms with Gasteiger partial charge in [0.1, 0.15) is 29.1 Å². The molecule has 0 N–H and O–H groups in total. The lowest BCUT2D eigenvalue weighted by Crippen LogP contribution is -2.10. The summed E-state index contributed by atoms with van der Waals surface area (Å²) in [4.78, 5) is 0. The lowest BCUT2D eigenvalue weighted by molar-refractivity contribution is 0.569. The van der Waals surface area contributed by atoms with Crippen LogP contribution >= 0.6 is 0 Å². The molecule has 0 atom stereocenters. The molecule has 0 saturated heterocycles. The average molecular weight is 414 g/mol. The zero-order chi connectivity index (χ0) is 21.4. The van der Waals surface area contributed by atoms with E-state index >= 15 is 4.39 Å². The second-order valence-electron chi connectivity index (χ2n) is 7.49. The molecule has 5 heteroatoms. The Labute approximate surface area is 171 Å². The molecule has 0 fully saturated rings. The molecule has 1 aliphatic carbocycles. The lowest BCUT2D eigenvalue weighted by Gasteiger charge is -2.21. The first-order valence-electron chi connectivity index (χ1n) is 9.82. The number of rotatable bonds is 4. The van der Waals surface area contributed by atoms with Gasteiger partial charge in [-0.2, -0.15) is 0 Å². The monoisotopic (exact) mass is 414 g/mol. The summed E-state index contributed by atoms with van der Waals surface area (Å²) in [6.45, 7) is 1.92. The van der Waals surface area contributed by atoms with Crippen LogP contribution in [0.5, 0.6) is 0 Å². The van der Waals surface area contributed by atoms with Crippen molar-refractivity contribution in [3.05, 3.63) is 99.9 Å². The molecule has 0 saturated carbocycles. The van der Waals surface area contributed by atoms with E-state index in [9.17, 15) is 17.6 Å². The molecule has 0 aliphatic heterocycles. The van der Waals surface area contributed by atoms with E-state index in [1.54, 1.807) is 6.08 Å². The van der Waals surface area contributed by atoms with Gasteiger partial charge < -0.3 is 0 Å². The summed E-state index contributed by atoms with van der Waals surface area (Å²) in [5.74, 6) is -3.36. The smallest absolute Gasteiger partial charge is 0.137 e. The highest BCUT2D eigenvalue weighted by molar-refractivity contribution is 5.74. The van der Waals surface area contributed by atoms with Gasteiger partial charge in [0.25, 0.3) is 0 Å². The molecule has 0 nitrogen and oxygen atoms in total. The molecule has 1 aliphatic rings. The van der Waals surface area contributed by atoms with Crippen LogP contribution in [0.1, 0.15) is 35.6 Å². The Hall–Kier alpha value is -2.95. The van der Waals surface area contributed by atoms with Crippen LogP contribution in [-0.4, -0.2) is 0 Å². The van der Waals surface area contributed by atoms with Gasteiger partial charge in [-0.05, 0) is 77.4 Å². The van der Waals surface area contributed by atoms with E-state index in [2.05, 4.69) is 0 Å². The van der Waals surface area contributed by atoms with Crippen molar-refractivity contribution in [1.82, 2.24) is 0 Å². The van der Waals surface area contributed by atoms with Crippen LogP contribution in [0.4, 0.5) is 22.0 Å². The van der Waals surface area contributed by atoms with Gasteiger partial charge in [-0.3, -0.25) is 0 Å². The number of halogens is 5. The molecule has 154 valence electrons. The summed E-state index contributed by atoms with van der Waals surface area (Å²) in [5, 5.41) is 0. The maximum absolute atomic E-state index is 15.1. The Morgan fingerprint density at radius 1 is 0.800 bits per heavy atom. The van der Waals surface area contributed by atoms with Gasteiger partial charge >= 0.3 is 0 Å². The molecule has 0 heterocycles. The maximum Gasteiger partial charge on any atom is 0.137 e. The number of benzene rings is 3. The van der Waals surface area contributed by atoms with Crippen molar-refractivity contribution in [2.75, 3.05) is 0 Å². The standard InChI is InChI=1S/C25H19F5/c1-2-3-14-10-20(27)23(21(28)11-14)16-6-9-19-17(12-16)13-22(29)24(25(19)30)15-4-7-18(26)8-5-15/h4-8,10-11,13H,2-3,9,12H2,1H3. The first-order valence-corrected chi connectivity index (χ1v) is 9.82. The van der Waals surface area contributed by atoms with Crippen LogP contribution in [0, 0.1) is 29.1 Å². The fourth-order valence-corrected chi connectivity index (χ4v) is 4.03. The third-order valence-corrected chi connectivity index (χ3v) is 5.44. The first kappa shape index (κ1) is 20.3. The largest absolute Gasteiger partial charge is 0.207 e. The van der Waals surface area contributed by atoms with Crippen LogP contribution in [0.15, 0.2) is 48.5 Å². The molecule has 0 radical (unpaired) electrons. The summed E-state index contributed by atoms with van der Waals surface area (Å²) in [5.41, 5.74) is 1.43. The number of allylic oxidation sites excluding steroid dienone is 2. The summed E-state index contributed by atoms with van der Waals surface area (Å²) in [7, 11) is 0. The molecule has 3 aromatic carbocycles. The highest BCUT2D eigenvalue weighted by Crippen LogP contribution is 2.37. The highest BCUT2D eigenvalue weighted by Gasteiger charge is 2.25. The minimum Gasteiger partial charge on any atom is -0.207 e. The third-order valence-electron chi connectivity index (χ3n) is 5.44. The van der Waals surface area contributed by atoms with Gasteiger partial charge in [0.15, 0.2) is 0 Å². The maximum atomic E-state index is 15.1. The Morgan fingerprint density at radius 2 is 1.43 bits per heavy atom. The van der Waals surface area contributed by atoms with Gasteiger partial charge in [0.2, 0.25) is 0 Å². The quantitative estimate of drug-likeness (QED) is 0.397. The van der Waals surface area contributed by atoms with E-state index < -0.39 is 29.1 Å². The molecule has 0 spiro atoms. The molecule has 0 bridgehead atoms. The Balaban J connectivity index is 1.73. The second kappa shape index (κ2) is 8.05. The zero-order valence-corrected chi connectivity index (χ0v) is 16.3. The van der Waals surface area contributed by atoms with Crippen molar-refractivity contribution >= 4 is 5.57 Å².